The molecule has 0 amide bonds. The van der Waals surface area contributed by atoms with Gasteiger partial charge in [-0.25, -0.2) is 0 Å². The van der Waals surface area contributed by atoms with E-state index in [0.717, 1.165) is 43.7 Å². The number of hydrogen-bond donors (Lipinski definition) is 0. The molecular formula is C14H19Br2NO. The molecule has 0 spiro atoms. The average Bonchev–Trinajstić information content (AvgIpc) is 2.82. The van der Waals surface area contributed by atoms with E-state index in [-0.39, 0.29) is 0 Å². The maximum absolute atomic E-state index is 5.78. The molecule has 0 bridgehead atoms. The molecule has 18 heavy (non-hydrogen) atoms. The van der Waals surface area contributed by atoms with Crippen molar-refractivity contribution in [1.82, 2.24) is 4.90 Å². The SMILES string of the molecule is CCN(CCCBr)Cc1cc(Br)cc2c1OCC2. The van der Waals surface area contributed by atoms with Crippen molar-refractivity contribution in [2.24, 2.45) is 0 Å². The van der Waals surface area contributed by atoms with Crippen LogP contribution in [-0.2, 0) is 13.0 Å². The van der Waals surface area contributed by atoms with Crippen LogP contribution in [0.25, 0.3) is 0 Å². The summed E-state index contributed by atoms with van der Waals surface area (Å²) in [6, 6.07) is 4.38. The Bertz CT molecular complexity index is 409. The van der Waals surface area contributed by atoms with Crippen LogP contribution in [0, 0.1) is 0 Å². The molecule has 0 atom stereocenters. The molecule has 0 N–H and O–H groups in total. The lowest BCUT2D eigenvalue weighted by Crippen LogP contribution is -2.24. The largest absolute Gasteiger partial charge is 0.493 e. The van der Waals surface area contributed by atoms with E-state index in [1.54, 1.807) is 0 Å². The van der Waals surface area contributed by atoms with Gasteiger partial charge in [0.15, 0.2) is 0 Å². The summed E-state index contributed by atoms with van der Waals surface area (Å²) in [5.74, 6) is 1.12. The third kappa shape index (κ3) is 3.49. The predicted molar refractivity (Wildman–Crippen MR) is 82.7 cm³/mol. The smallest absolute Gasteiger partial charge is 0.127 e. The van der Waals surface area contributed by atoms with Crippen LogP contribution in [-0.4, -0.2) is 29.9 Å². The molecule has 0 aliphatic carbocycles. The molecule has 0 saturated carbocycles. The molecule has 4 heteroatoms. The van der Waals surface area contributed by atoms with Gasteiger partial charge in [-0.1, -0.05) is 38.8 Å². The molecule has 0 unspecified atom stereocenters. The minimum atomic E-state index is 0.826. The van der Waals surface area contributed by atoms with Crippen LogP contribution in [0.4, 0.5) is 0 Å². The summed E-state index contributed by atoms with van der Waals surface area (Å²) < 4.78 is 6.94. The lowest BCUT2D eigenvalue weighted by Gasteiger charge is -2.21. The summed E-state index contributed by atoms with van der Waals surface area (Å²) in [4.78, 5) is 2.46. The van der Waals surface area contributed by atoms with Gasteiger partial charge in [0.1, 0.15) is 5.75 Å². The Balaban J connectivity index is 2.12. The van der Waals surface area contributed by atoms with Gasteiger partial charge in [-0.05, 0) is 37.2 Å². The fraction of sp³-hybridized carbons (Fsp3) is 0.571. The van der Waals surface area contributed by atoms with Gasteiger partial charge in [-0.3, -0.25) is 4.90 Å². The van der Waals surface area contributed by atoms with Gasteiger partial charge >= 0.3 is 0 Å². The third-order valence-corrected chi connectivity index (χ3v) is 4.29. The number of ether oxygens (including phenoxy) is 1. The van der Waals surface area contributed by atoms with Crippen molar-refractivity contribution in [3.05, 3.63) is 27.7 Å². The second kappa shape index (κ2) is 6.92. The zero-order valence-electron chi connectivity index (χ0n) is 10.7. The van der Waals surface area contributed by atoms with E-state index in [2.05, 4.69) is 55.8 Å². The van der Waals surface area contributed by atoms with Crippen molar-refractivity contribution in [3.63, 3.8) is 0 Å². The van der Waals surface area contributed by atoms with E-state index in [1.807, 2.05) is 0 Å². The minimum absolute atomic E-state index is 0.826. The van der Waals surface area contributed by atoms with Crippen molar-refractivity contribution in [2.75, 3.05) is 25.0 Å². The summed E-state index contributed by atoms with van der Waals surface area (Å²) in [5, 5.41) is 1.07. The second-order valence-corrected chi connectivity index (χ2v) is 6.27. The zero-order valence-corrected chi connectivity index (χ0v) is 13.9. The predicted octanol–water partition coefficient (Wildman–Crippen LogP) is 3.99. The number of nitrogens with zero attached hydrogens (tertiary/aromatic N) is 1. The quantitative estimate of drug-likeness (QED) is 0.696. The number of hydrogen-bond acceptors (Lipinski definition) is 2. The van der Waals surface area contributed by atoms with E-state index >= 15 is 0 Å². The molecule has 0 aromatic heterocycles. The van der Waals surface area contributed by atoms with Crippen molar-refractivity contribution in [2.45, 2.75) is 26.3 Å². The second-order valence-electron chi connectivity index (χ2n) is 4.56. The highest BCUT2D eigenvalue weighted by atomic mass is 79.9. The van der Waals surface area contributed by atoms with Gasteiger partial charge in [-0.2, -0.15) is 0 Å². The zero-order chi connectivity index (χ0) is 13.0. The van der Waals surface area contributed by atoms with Crippen LogP contribution < -0.4 is 4.74 Å². The fourth-order valence-corrected chi connectivity index (χ4v) is 3.14. The van der Waals surface area contributed by atoms with Crippen molar-refractivity contribution in [3.8, 4) is 5.75 Å². The van der Waals surface area contributed by atoms with E-state index in [9.17, 15) is 0 Å². The number of alkyl halides is 1. The Morgan fingerprint density at radius 3 is 2.94 bits per heavy atom. The van der Waals surface area contributed by atoms with Gasteiger partial charge in [0.05, 0.1) is 6.61 Å². The van der Waals surface area contributed by atoms with Gasteiger partial charge < -0.3 is 4.74 Å². The molecule has 1 aromatic carbocycles. The Morgan fingerprint density at radius 2 is 2.22 bits per heavy atom. The summed E-state index contributed by atoms with van der Waals surface area (Å²) >= 11 is 7.09. The first-order valence-electron chi connectivity index (χ1n) is 6.47. The standard InChI is InChI=1S/C14H19Br2NO/c1-2-17(6-3-5-15)10-12-9-13(16)8-11-4-7-18-14(11)12/h8-9H,2-7,10H2,1H3. The molecule has 1 aromatic rings. The van der Waals surface area contributed by atoms with Crippen LogP contribution >= 0.6 is 31.9 Å². The van der Waals surface area contributed by atoms with Crippen LogP contribution in [0.3, 0.4) is 0 Å². The highest BCUT2D eigenvalue weighted by Gasteiger charge is 2.18. The number of benzene rings is 1. The van der Waals surface area contributed by atoms with Crippen molar-refractivity contribution >= 4 is 31.9 Å². The van der Waals surface area contributed by atoms with Gasteiger partial charge in [0, 0.05) is 28.3 Å². The molecule has 0 fully saturated rings. The Hall–Kier alpha value is -0.0600. The Labute approximate surface area is 126 Å². The van der Waals surface area contributed by atoms with E-state index < -0.39 is 0 Å². The Kier molecular flexibility index (Phi) is 5.52. The molecule has 1 aliphatic heterocycles. The molecule has 2 rings (SSSR count). The lowest BCUT2D eigenvalue weighted by molar-refractivity contribution is 0.274. The lowest BCUT2D eigenvalue weighted by atomic mass is 10.1. The van der Waals surface area contributed by atoms with E-state index in [1.165, 1.54) is 22.0 Å². The maximum atomic E-state index is 5.78. The highest BCUT2D eigenvalue weighted by Crippen LogP contribution is 2.33. The third-order valence-electron chi connectivity index (χ3n) is 3.27. The van der Waals surface area contributed by atoms with Crippen LogP contribution in [0.2, 0.25) is 0 Å². The van der Waals surface area contributed by atoms with Crippen molar-refractivity contribution < 1.29 is 4.74 Å². The van der Waals surface area contributed by atoms with E-state index in [4.69, 9.17) is 4.74 Å². The fourth-order valence-electron chi connectivity index (χ4n) is 2.34. The molecular weight excluding hydrogens is 358 g/mol. The summed E-state index contributed by atoms with van der Waals surface area (Å²) in [7, 11) is 0. The van der Waals surface area contributed by atoms with Crippen LogP contribution in [0.15, 0.2) is 16.6 Å². The minimum Gasteiger partial charge on any atom is -0.493 e. The normalized spacial score (nSPS) is 13.8. The van der Waals surface area contributed by atoms with Crippen LogP contribution in [0.5, 0.6) is 5.75 Å². The molecule has 0 saturated heterocycles. The number of halogens is 2. The summed E-state index contributed by atoms with van der Waals surface area (Å²) in [6.45, 7) is 6.22. The average molecular weight is 377 g/mol. The highest BCUT2D eigenvalue weighted by molar-refractivity contribution is 9.10. The van der Waals surface area contributed by atoms with Gasteiger partial charge in [0.25, 0.3) is 0 Å². The van der Waals surface area contributed by atoms with Gasteiger partial charge in [0.2, 0.25) is 0 Å². The number of fused-ring (bicyclic) bond motifs is 1. The molecule has 1 aliphatic rings. The summed E-state index contributed by atoms with van der Waals surface area (Å²) in [6.07, 6.45) is 2.22. The van der Waals surface area contributed by atoms with Crippen LogP contribution in [0.1, 0.15) is 24.5 Å². The first-order valence-corrected chi connectivity index (χ1v) is 8.38. The van der Waals surface area contributed by atoms with Crippen molar-refractivity contribution in [1.29, 1.82) is 0 Å². The summed E-state index contributed by atoms with van der Waals surface area (Å²) in [5.41, 5.74) is 2.66. The molecule has 1 heterocycles. The van der Waals surface area contributed by atoms with Gasteiger partial charge in [-0.15, -0.1) is 0 Å². The number of rotatable bonds is 6. The molecule has 2 nitrogen and oxygen atoms in total. The molecule has 100 valence electrons. The monoisotopic (exact) mass is 375 g/mol. The maximum Gasteiger partial charge on any atom is 0.127 e. The Morgan fingerprint density at radius 1 is 1.39 bits per heavy atom. The van der Waals surface area contributed by atoms with E-state index in [0.29, 0.717) is 0 Å². The molecule has 0 radical (unpaired) electrons. The topological polar surface area (TPSA) is 12.5 Å². The first kappa shape index (κ1) is 14.4. The first-order chi connectivity index (χ1) is 8.74.